The van der Waals surface area contributed by atoms with Crippen molar-refractivity contribution in [1.82, 2.24) is 0 Å². The summed E-state index contributed by atoms with van der Waals surface area (Å²) < 4.78 is 0. The predicted octanol–water partition coefficient (Wildman–Crippen LogP) is 4.89. The van der Waals surface area contributed by atoms with Gasteiger partial charge in [0.15, 0.2) is 0 Å². The van der Waals surface area contributed by atoms with E-state index < -0.39 is 0 Å². The third-order valence-corrected chi connectivity index (χ3v) is 3.35. The van der Waals surface area contributed by atoms with Gasteiger partial charge in [0, 0.05) is 11.1 Å². The molecule has 0 amide bonds. The molecule has 3 aromatic carbocycles. The molecule has 0 aromatic heterocycles. The predicted molar refractivity (Wildman–Crippen MR) is 82.0 cm³/mol. The molecule has 0 aliphatic heterocycles. The van der Waals surface area contributed by atoms with Gasteiger partial charge in [-0.2, -0.15) is 5.26 Å². The van der Waals surface area contributed by atoms with E-state index in [1.54, 1.807) is 0 Å². The summed E-state index contributed by atoms with van der Waals surface area (Å²) in [5.74, 6) is 0. The van der Waals surface area contributed by atoms with Crippen LogP contribution >= 0.6 is 0 Å². The first kappa shape index (κ1) is 12.2. The maximum absolute atomic E-state index is 9.57. The van der Waals surface area contributed by atoms with Crippen molar-refractivity contribution in [3.05, 3.63) is 84.4 Å². The zero-order chi connectivity index (χ0) is 13.8. The maximum Gasteiger partial charge on any atom is 0.100 e. The Hall–Kier alpha value is -2.85. The van der Waals surface area contributed by atoms with Crippen LogP contribution in [0.25, 0.3) is 22.3 Å². The van der Waals surface area contributed by atoms with Gasteiger partial charge in [-0.1, -0.05) is 78.9 Å². The topological polar surface area (TPSA) is 23.8 Å². The first-order chi connectivity index (χ1) is 9.90. The molecule has 0 N–H and O–H groups in total. The minimum atomic E-state index is 0.727. The zero-order valence-corrected chi connectivity index (χ0v) is 11.0. The van der Waals surface area contributed by atoms with E-state index in [4.69, 9.17) is 0 Å². The molecule has 20 heavy (non-hydrogen) atoms. The molecule has 0 unspecified atom stereocenters. The smallest absolute Gasteiger partial charge is 0.100 e. The number of hydrogen-bond acceptors (Lipinski definition) is 1. The molecule has 1 heteroatoms. The van der Waals surface area contributed by atoms with Crippen molar-refractivity contribution < 1.29 is 0 Å². The molecule has 1 nitrogen and oxygen atoms in total. The number of nitrogens with zero attached hydrogens (tertiary/aromatic N) is 1. The van der Waals surface area contributed by atoms with Gasteiger partial charge in [-0.15, -0.1) is 0 Å². The van der Waals surface area contributed by atoms with Crippen LogP contribution < -0.4 is 0 Å². The van der Waals surface area contributed by atoms with Crippen LogP contribution in [-0.2, 0) is 0 Å². The van der Waals surface area contributed by atoms with Crippen LogP contribution in [0.3, 0.4) is 0 Å². The number of nitriles is 1. The lowest BCUT2D eigenvalue weighted by Crippen LogP contribution is -1.89. The van der Waals surface area contributed by atoms with Crippen molar-refractivity contribution in [2.75, 3.05) is 0 Å². The number of rotatable bonds is 2. The fourth-order valence-electron chi connectivity index (χ4n) is 2.39. The van der Waals surface area contributed by atoms with Gasteiger partial charge < -0.3 is 0 Å². The summed E-state index contributed by atoms with van der Waals surface area (Å²) in [4.78, 5) is 0. The van der Waals surface area contributed by atoms with E-state index in [9.17, 15) is 5.26 Å². The van der Waals surface area contributed by atoms with E-state index in [0.29, 0.717) is 0 Å². The van der Waals surface area contributed by atoms with E-state index in [0.717, 1.165) is 27.8 Å². The average molecular weight is 255 g/mol. The summed E-state index contributed by atoms with van der Waals surface area (Å²) in [6.07, 6.45) is 0. The average Bonchev–Trinajstić information content (AvgIpc) is 2.55. The molecule has 0 fully saturated rings. The summed E-state index contributed by atoms with van der Waals surface area (Å²) in [6.45, 7) is 0. The van der Waals surface area contributed by atoms with Gasteiger partial charge in [0.25, 0.3) is 0 Å². The Bertz CT molecular complexity index is 695. The zero-order valence-electron chi connectivity index (χ0n) is 11.0. The molecule has 0 heterocycles. The van der Waals surface area contributed by atoms with E-state index in [1.807, 2.05) is 78.9 Å². The minimum Gasteiger partial charge on any atom is -0.192 e. The molecule has 0 saturated heterocycles. The third-order valence-electron chi connectivity index (χ3n) is 3.35. The lowest BCUT2D eigenvalue weighted by atomic mass is 9.92. The Morgan fingerprint density at radius 3 is 1.40 bits per heavy atom. The molecule has 0 aliphatic carbocycles. The molecule has 94 valence electrons. The summed E-state index contributed by atoms with van der Waals surface area (Å²) in [5, 5.41) is 9.57. The highest BCUT2D eigenvalue weighted by Crippen LogP contribution is 2.31. The molecular weight excluding hydrogens is 242 g/mol. The second-order valence-electron chi connectivity index (χ2n) is 4.57. The van der Waals surface area contributed by atoms with Crippen molar-refractivity contribution in [2.24, 2.45) is 0 Å². The largest absolute Gasteiger partial charge is 0.192 e. The Kier molecular flexibility index (Phi) is 3.31. The van der Waals surface area contributed by atoms with Crippen molar-refractivity contribution in [3.8, 4) is 28.3 Å². The van der Waals surface area contributed by atoms with Crippen LogP contribution in [0.5, 0.6) is 0 Å². The molecule has 3 rings (SSSR count). The van der Waals surface area contributed by atoms with E-state index >= 15 is 0 Å². The second kappa shape index (κ2) is 5.42. The first-order valence-electron chi connectivity index (χ1n) is 6.54. The van der Waals surface area contributed by atoms with Gasteiger partial charge in [0.1, 0.15) is 6.07 Å². The van der Waals surface area contributed by atoms with E-state index in [2.05, 4.69) is 6.07 Å². The Balaban J connectivity index is 2.22. The van der Waals surface area contributed by atoms with Crippen LogP contribution in [0, 0.1) is 11.3 Å². The maximum atomic E-state index is 9.57. The van der Waals surface area contributed by atoms with Gasteiger partial charge >= 0.3 is 0 Å². The van der Waals surface area contributed by atoms with Crippen LogP contribution in [0.4, 0.5) is 0 Å². The van der Waals surface area contributed by atoms with Gasteiger partial charge in [-0.05, 0) is 11.1 Å². The van der Waals surface area contributed by atoms with Crippen LogP contribution in [0.2, 0.25) is 0 Å². The summed E-state index contributed by atoms with van der Waals surface area (Å²) in [5.41, 5.74) is 4.83. The number of hydrogen-bond donors (Lipinski definition) is 0. The lowest BCUT2D eigenvalue weighted by Gasteiger charge is -2.09. The fraction of sp³-hybridized carbons (Fsp3) is 0. The molecule has 0 spiro atoms. The van der Waals surface area contributed by atoms with Gasteiger partial charge in [0.05, 0.1) is 5.56 Å². The second-order valence-corrected chi connectivity index (χ2v) is 4.57. The van der Waals surface area contributed by atoms with Gasteiger partial charge in [0.2, 0.25) is 0 Å². The fourth-order valence-corrected chi connectivity index (χ4v) is 2.39. The van der Waals surface area contributed by atoms with Gasteiger partial charge in [-0.25, -0.2) is 0 Å². The van der Waals surface area contributed by atoms with Crippen molar-refractivity contribution in [3.63, 3.8) is 0 Å². The normalized spacial score (nSPS) is 9.95. The van der Waals surface area contributed by atoms with Crippen molar-refractivity contribution in [1.29, 1.82) is 5.26 Å². The highest BCUT2D eigenvalue weighted by atomic mass is 14.3. The third kappa shape index (κ3) is 2.20. The lowest BCUT2D eigenvalue weighted by molar-refractivity contribution is 1.47. The Labute approximate surface area is 118 Å². The van der Waals surface area contributed by atoms with Crippen molar-refractivity contribution >= 4 is 0 Å². The highest BCUT2D eigenvalue weighted by molar-refractivity contribution is 5.81. The van der Waals surface area contributed by atoms with Crippen LogP contribution in [0.15, 0.2) is 78.9 Å². The molecule has 0 atom stereocenters. The monoisotopic (exact) mass is 255 g/mol. The minimum absolute atomic E-state index is 0.727. The molecule has 3 aromatic rings. The molecule has 0 radical (unpaired) electrons. The summed E-state index contributed by atoms with van der Waals surface area (Å²) >= 11 is 0. The molecule has 0 aliphatic rings. The highest BCUT2D eigenvalue weighted by Gasteiger charge is 2.10. The molecule has 0 saturated carbocycles. The summed E-state index contributed by atoms with van der Waals surface area (Å²) in [7, 11) is 0. The molecular formula is C19H13N. The first-order valence-corrected chi connectivity index (χ1v) is 6.54. The quantitative estimate of drug-likeness (QED) is 0.639. The standard InChI is InChI=1S/C19H13N/c20-14-19-17(15-8-3-1-4-9-15)12-7-13-18(19)16-10-5-2-6-11-16/h1-13H. The van der Waals surface area contributed by atoms with Crippen LogP contribution in [0.1, 0.15) is 5.56 Å². The van der Waals surface area contributed by atoms with E-state index in [-0.39, 0.29) is 0 Å². The van der Waals surface area contributed by atoms with Crippen LogP contribution in [-0.4, -0.2) is 0 Å². The number of benzene rings is 3. The summed E-state index contributed by atoms with van der Waals surface area (Å²) in [6, 6.07) is 28.4. The Morgan fingerprint density at radius 1 is 0.550 bits per heavy atom. The Morgan fingerprint density at radius 2 is 1.00 bits per heavy atom. The van der Waals surface area contributed by atoms with Gasteiger partial charge in [-0.3, -0.25) is 0 Å². The van der Waals surface area contributed by atoms with Crippen molar-refractivity contribution in [2.45, 2.75) is 0 Å². The van der Waals surface area contributed by atoms with E-state index in [1.165, 1.54) is 0 Å². The SMILES string of the molecule is N#Cc1c(-c2ccccc2)cccc1-c1ccccc1. The molecule has 0 bridgehead atoms.